The number of rotatable bonds is 2. The van der Waals surface area contributed by atoms with Gasteiger partial charge >= 0.3 is 6.03 Å². The molecule has 0 spiro atoms. The quantitative estimate of drug-likeness (QED) is 0.856. The molecule has 19 heavy (non-hydrogen) atoms. The van der Waals surface area contributed by atoms with Crippen LogP contribution < -0.4 is 11.1 Å². The number of hydrogen-bond donors (Lipinski definition) is 2. The molecule has 0 aliphatic carbocycles. The lowest BCUT2D eigenvalue weighted by Gasteiger charge is -2.08. The number of benzene rings is 1. The van der Waals surface area contributed by atoms with Gasteiger partial charge in [0, 0.05) is 5.56 Å². The third-order valence-corrected chi connectivity index (χ3v) is 2.84. The number of hydrogen-bond acceptors (Lipinski definition) is 3. The number of nitrogens with one attached hydrogen (secondary N) is 1. The van der Waals surface area contributed by atoms with E-state index in [4.69, 9.17) is 11.0 Å². The van der Waals surface area contributed by atoms with Crippen LogP contribution in [0, 0.1) is 25.2 Å². The second-order valence-electron chi connectivity index (χ2n) is 4.12. The Kier molecular flexibility index (Phi) is 3.21. The Morgan fingerprint density at radius 3 is 2.53 bits per heavy atom. The number of carbonyl (C=O) groups is 1. The molecule has 2 aromatic rings. The molecule has 6 nitrogen and oxygen atoms in total. The lowest BCUT2D eigenvalue weighted by Crippen LogP contribution is -2.21. The summed E-state index contributed by atoms with van der Waals surface area (Å²) in [5, 5.41) is 15.7. The van der Waals surface area contributed by atoms with Crippen molar-refractivity contribution in [2.45, 2.75) is 13.8 Å². The summed E-state index contributed by atoms with van der Waals surface area (Å²) in [6.45, 7) is 3.70. The van der Waals surface area contributed by atoms with Gasteiger partial charge in [0.25, 0.3) is 0 Å². The van der Waals surface area contributed by atoms with E-state index in [9.17, 15) is 4.79 Å². The van der Waals surface area contributed by atoms with Crippen LogP contribution in [0.4, 0.5) is 10.6 Å². The predicted molar refractivity (Wildman–Crippen MR) is 71.0 cm³/mol. The number of nitrogens with two attached hydrogens (primary N) is 1. The number of aryl methyl sites for hydroxylation is 1. The highest BCUT2D eigenvalue weighted by Crippen LogP contribution is 2.22. The van der Waals surface area contributed by atoms with Crippen LogP contribution >= 0.6 is 0 Å². The van der Waals surface area contributed by atoms with E-state index in [1.54, 1.807) is 28.9 Å². The first-order chi connectivity index (χ1) is 9.02. The third-order valence-electron chi connectivity index (χ3n) is 2.84. The van der Waals surface area contributed by atoms with Gasteiger partial charge in [-0.25, -0.2) is 9.48 Å². The van der Waals surface area contributed by atoms with Crippen molar-refractivity contribution >= 4 is 11.8 Å². The summed E-state index contributed by atoms with van der Waals surface area (Å²) in [5.41, 5.74) is 8.12. The van der Waals surface area contributed by atoms with Gasteiger partial charge in [0.05, 0.1) is 23.0 Å². The molecule has 3 N–H and O–H groups in total. The Labute approximate surface area is 110 Å². The molecule has 0 aliphatic rings. The molecule has 0 aliphatic heterocycles. The van der Waals surface area contributed by atoms with Gasteiger partial charge < -0.3 is 5.73 Å². The van der Waals surface area contributed by atoms with Crippen LogP contribution in [0.15, 0.2) is 24.3 Å². The SMILES string of the molecule is Cc1nn(-c2ccc(C#N)cc2)c(NC(N)=O)c1C. The molecule has 0 fully saturated rings. The van der Waals surface area contributed by atoms with Gasteiger partial charge in [-0.15, -0.1) is 0 Å². The van der Waals surface area contributed by atoms with Gasteiger partial charge in [-0.2, -0.15) is 10.4 Å². The molecule has 0 unspecified atom stereocenters. The first-order valence-electron chi connectivity index (χ1n) is 5.66. The van der Waals surface area contributed by atoms with Crippen molar-refractivity contribution in [2.24, 2.45) is 5.73 Å². The van der Waals surface area contributed by atoms with Crippen molar-refractivity contribution in [3.05, 3.63) is 41.1 Å². The summed E-state index contributed by atoms with van der Waals surface area (Å²) < 4.78 is 1.59. The maximum Gasteiger partial charge on any atom is 0.317 e. The number of primary amides is 1. The Bertz CT molecular complexity index is 664. The van der Waals surface area contributed by atoms with E-state index in [0.29, 0.717) is 11.4 Å². The number of nitriles is 1. The van der Waals surface area contributed by atoms with Crippen LogP contribution in [-0.4, -0.2) is 15.8 Å². The topological polar surface area (TPSA) is 96.7 Å². The number of carbonyl (C=O) groups excluding carboxylic acids is 1. The summed E-state index contributed by atoms with van der Waals surface area (Å²) in [4.78, 5) is 11.0. The van der Waals surface area contributed by atoms with Crippen molar-refractivity contribution in [3.63, 3.8) is 0 Å². The van der Waals surface area contributed by atoms with Crippen molar-refractivity contribution in [1.29, 1.82) is 5.26 Å². The smallest absolute Gasteiger partial charge is 0.317 e. The largest absolute Gasteiger partial charge is 0.351 e. The molecule has 6 heteroatoms. The summed E-state index contributed by atoms with van der Waals surface area (Å²) in [6, 6.07) is 8.31. The molecule has 0 radical (unpaired) electrons. The van der Waals surface area contributed by atoms with Gasteiger partial charge in [-0.3, -0.25) is 5.32 Å². The zero-order chi connectivity index (χ0) is 14.0. The predicted octanol–water partition coefficient (Wildman–Crippen LogP) is 1.85. The third kappa shape index (κ3) is 2.40. The number of aromatic nitrogens is 2. The molecule has 2 rings (SSSR count). The average Bonchev–Trinajstić information content (AvgIpc) is 2.67. The van der Waals surface area contributed by atoms with Crippen LogP contribution in [0.3, 0.4) is 0 Å². The Balaban J connectivity index is 2.51. The zero-order valence-corrected chi connectivity index (χ0v) is 10.6. The molecule has 0 saturated heterocycles. The molecule has 1 aromatic carbocycles. The average molecular weight is 255 g/mol. The number of amides is 2. The number of nitrogens with zero attached hydrogens (tertiary/aromatic N) is 3. The van der Waals surface area contributed by atoms with E-state index in [1.807, 2.05) is 19.9 Å². The normalized spacial score (nSPS) is 9.95. The molecule has 96 valence electrons. The fourth-order valence-corrected chi connectivity index (χ4v) is 1.73. The van der Waals surface area contributed by atoms with Crippen molar-refractivity contribution in [1.82, 2.24) is 9.78 Å². The van der Waals surface area contributed by atoms with Crippen molar-refractivity contribution in [3.8, 4) is 11.8 Å². The molecular weight excluding hydrogens is 242 g/mol. The van der Waals surface area contributed by atoms with Gasteiger partial charge in [0.2, 0.25) is 0 Å². The first-order valence-corrected chi connectivity index (χ1v) is 5.66. The van der Waals surface area contributed by atoms with Crippen molar-refractivity contribution < 1.29 is 4.79 Å². The fourth-order valence-electron chi connectivity index (χ4n) is 1.73. The maximum absolute atomic E-state index is 11.0. The highest BCUT2D eigenvalue weighted by molar-refractivity contribution is 5.88. The Morgan fingerprint density at radius 1 is 1.37 bits per heavy atom. The van der Waals surface area contributed by atoms with E-state index in [0.717, 1.165) is 16.9 Å². The standard InChI is InChI=1S/C13H13N5O/c1-8-9(2)17-18(12(8)16-13(15)19)11-5-3-10(7-14)4-6-11/h3-6H,1-2H3,(H3,15,16,19). The lowest BCUT2D eigenvalue weighted by atomic mass is 10.2. The highest BCUT2D eigenvalue weighted by atomic mass is 16.2. The van der Waals surface area contributed by atoms with E-state index >= 15 is 0 Å². The molecule has 2 amide bonds. The Morgan fingerprint density at radius 2 is 2.00 bits per heavy atom. The molecule has 0 bridgehead atoms. The second-order valence-corrected chi connectivity index (χ2v) is 4.12. The monoisotopic (exact) mass is 255 g/mol. The molecule has 0 atom stereocenters. The van der Waals surface area contributed by atoms with Gasteiger partial charge in [0.15, 0.2) is 0 Å². The maximum atomic E-state index is 11.0. The Hall–Kier alpha value is -2.81. The van der Waals surface area contributed by atoms with Crippen molar-refractivity contribution in [2.75, 3.05) is 5.32 Å². The van der Waals surface area contributed by atoms with Gasteiger partial charge in [0.1, 0.15) is 5.82 Å². The molecule has 0 saturated carbocycles. The lowest BCUT2D eigenvalue weighted by molar-refractivity contribution is 0.259. The molecular formula is C13H13N5O. The molecule has 1 heterocycles. The van der Waals surface area contributed by atoms with E-state index in [2.05, 4.69) is 10.4 Å². The van der Waals surface area contributed by atoms with Gasteiger partial charge in [-0.1, -0.05) is 0 Å². The molecule has 1 aromatic heterocycles. The van der Waals surface area contributed by atoms with Gasteiger partial charge in [-0.05, 0) is 38.1 Å². The summed E-state index contributed by atoms with van der Waals surface area (Å²) >= 11 is 0. The van der Waals surface area contributed by atoms with Crippen LogP contribution in [0.2, 0.25) is 0 Å². The van der Waals surface area contributed by atoms with Crippen LogP contribution in [0.1, 0.15) is 16.8 Å². The number of anilines is 1. The minimum atomic E-state index is -0.641. The highest BCUT2D eigenvalue weighted by Gasteiger charge is 2.14. The van der Waals surface area contributed by atoms with E-state index in [1.165, 1.54) is 0 Å². The van der Waals surface area contributed by atoms with Crippen LogP contribution in [0.25, 0.3) is 5.69 Å². The van der Waals surface area contributed by atoms with Crippen LogP contribution in [-0.2, 0) is 0 Å². The summed E-state index contributed by atoms with van der Waals surface area (Å²) in [6.07, 6.45) is 0. The van der Waals surface area contributed by atoms with E-state index < -0.39 is 6.03 Å². The zero-order valence-electron chi connectivity index (χ0n) is 10.6. The number of urea groups is 1. The first kappa shape index (κ1) is 12.6. The summed E-state index contributed by atoms with van der Waals surface area (Å²) in [7, 11) is 0. The minimum Gasteiger partial charge on any atom is -0.351 e. The second kappa shape index (κ2) is 4.82. The van der Waals surface area contributed by atoms with E-state index in [-0.39, 0.29) is 0 Å². The summed E-state index contributed by atoms with van der Waals surface area (Å²) in [5.74, 6) is 0.537. The minimum absolute atomic E-state index is 0.537. The van der Waals surface area contributed by atoms with Crippen LogP contribution in [0.5, 0.6) is 0 Å². The fraction of sp³-hybridized carbons (Fsp3) is 0.154.